The summed E-state index contributed by atoms with van der Waals surface area (Å²) in [4.78, 5) is 0. The van der Waals surface area contributed by atoms with E-state index in [1.54, 1.807) is 0 Å². The Bertz CT molecular complexity index is 345. The number of hydrogen-bond acceptors (Lipinski definition) is 3. The average Bonchev–Trinajstić information content (AvgIpc) is 2.73. The van der Waals surface area contributed by atoms with Crippen LogP contribution in [-0.2, 0) is 13.3 Å². The fourth-order valence-corrected chi connectivity index (χ4v) is 6.62. The number of rotatable bonds is 23. The van der Waals surface area contributed by atoms with Crippen LogP contribution in [0.3, 0.4) is 0 Å². The van der Waals surface area contributed by atoms with E-state index in [-0.39, 0.29) is 0 Å². The second-order valence-electron chi connectivity index (χ2n) is 9.54. The summed E-state index contributed by atoms with van der Waals surface area (Å²) in [6.45, 7) is 13.4. The third kappa shape index (κ3) is 16.7. The van der Waals surface area contributed by atoms with Gasteiger partial charge in [0.2, 0.25) is 0 Å². The molecular formula is C25H56NO3Si+. The highest BCUT2D eigenvalue weighted by molar-refractivity contribution is 6.60. The first kappa shape index (κ1) is 30.1. The lowest BCUT2D eigenvalue weighted by Gasteiger charge is -2.33. The molecule has 0 heterocycles. The van der Waals surface area contributed by atoms with Crippen LogP contribution in [0.2, 0.25) is 6.04 Å². The van der Waals surface area contributed by atoms with Crippen molar-refractivity contribution in [1.82, 2.24) is 0 Å². The molecule has 30 heavy (non-hydrogen) atoms. The fraction of sp³-hybridized carbons (Fsp3) is 1.00. The van der Waals surface area contributed by atoms with Gasteiger partial charge in [-0.2, -0.15) is 0 Å². The minimum absolute atomic E-state index is 0.746. The highest BCUT2D eigenvalue weighted by Gasteiger charge is 2.41. The summed E-state index contributed by atoms with van der Waals surface area (Å²) in [6, 6.07) is 0.951. The van der Waals surface area contributed by atoms with Gasteiger partial charge in [0.05, 0.1) is 27.2 Å². The molecule has 0 amide bonds. The molecule has 0 aliphatic heterocycles. The highest BCUT2D eigenvalue weighted by Crippen LogP contribution is 2.21. The summed E-state index contributed by atoms with van der Waals surface area (Å²) in [6.07, 6.45) is 16.8. The van der Waals surface area contributed by atoms with Crippen LogP contribution in [0.5, 0.6) is 0 Å². The van der Waals surface area contributed by atoms with Crippen LogP contribution in [0.15, 0.2) is 0 Å². The molecule has 182 valence electrons. The first-order valence-electron chi connectivity index (χ1n) is 13.2. The number of hydrogen-bond donors (Lipinski definition) is 0. The van der Waals surface area contributed by atoms with Gasteiger partial charge >= 0.3 is 8.80 Å². The maximum Gasteiger partial charge on any atom is 0.501 e. The molecule has 0 aromatic heterocycles. The molecule has 0 N–H and O–H groups in total. The van der Waals surface area contributed by atoms with Gasteiger partial charge < -0.3 is 17.8 Å². The smallest absolute Gasteiger partial charge is 0.373 e. The second kappa shape index (κ2) is 19.7. The van der Waals surface area contributed by atoms with E-state index in [1.165, 1.54) is 70.9 Å². The Morgan fingerprint density at radius 1 is 0.500 bits per heavy atom. The Labute approximate surface area is 191 Å². The lowest BCUT2D eigenvalue weighted by Crippen LogP contribution is -2.48. The van der Waals surface area contributed by atoms with Gasteiger partial charge in [0.25, 0.3) is 0 Å². The molecule has 0 saturated carbocycles. The summed E-state index contributed by atoms with van der Waals surface area (Å²) >= 11 is 0. The van der Waals surface area contributed by atoms with Crippen LogP contribution in [0.1, 0.15) is 111 Å². The zero-order chi connectivity index (χ0) is 22.6. The normalized spacial score (nSPS) is 12.6. The first-order chi connectivity index (χ1) is 14.4. The van der Waals surface area contributed by atoms with Crippen LogP contribution in [0.25, 0.3) is 0 Å². The maximum absolute atomic E-state index is 6.25. The van der Waals surface area contributed by atoms with Gasteiger partial charge in [0.1, 0.15) is 0 Å². The predicted molar refractivity (Wildman–Crippen MR) is 133 cm³/mol. The molecule has 0 saturated heterocycles. The van der Waals surface area contributed by atoms with Crippen LogP contribution < -0.4 is 0 Å². The third-order valence-electron chi connectivity index (χ3n) is 5.69. The van der Waals surface area contributed by atoms with E-state index in [0.717, 1.165) is 56.0 Å². The molecule has 0 aliphatic rings. The second-order valence-corrected chi connectivity index (χ2v) is 12.3. The third-order valence-corrected chi connectivity index (χ3v) is 8.59. The standard InChI is InChI=1S/C25H56NO3Si/c1-7-11-12-13-14-15-16-17-18-20-26(5,6)21-19-25-30(27-22-8-2,28-23-9-3)29-24-10-4/h7-25H2,1-6H3/q+1. The zero-order valence-electron chi connectivity index (χ0n) is 21.6. The highest BCUT2D eigenvalue weighted by atomic mass is 28.4. The SMILES string of the molecule is CCCCCCCCCCC[N+](C)(C)CCC[Si](OCCC)(OCCC)OCCC. The summed E-state index contributed by atoms with van der Waals surface area (Å²) < 4.78 is 19.8. The average molecular weight is 447 g/mol. The van der Waals surface area contributed by atoms with Gasteiger partial charge in [-0.05, 0) is 32.1 Å². The molecule has 0 bridgehead atoms. The number of unbranched alkanes of at least 4 members (excludes halogenated alkanes) is 8. The molecule has 0 aromatic rings. The van der Waals surface area contributed by atoms with Crippen molar-refractivity contribution in [2.45, 2.75) is 117 Å². The van der Waals surface area contributed by atoms with Crippen LogP contribution >= 0.6 is 0 Å². The van der Waals surface area contributed by atoms with Gasteiger partial charge in [-0.3, -0.25) is 0 Å². The monoisotopic (exact) mass is 446 g/mol. The first-order valence-corrected chi connectivity index (χ1v) is 15.1. The quantitative estimate of drug-likeness (QED) is 0.0943. The number of quaternary nitrogens is 1. The summed E-state index contributed by atoms with van der Waals surface area (Å²) in [5.41, 5.74) is 0. The Balaban J connectivity index is 4.24. The van der Waals surface area contributed by atoms with Gasteiger partial charge in [0, 0.05) is 32.3 Å². The molecule has 0 atom stereocenters. The van der Waals surface area contributed by atoms with E-state index in [0.29, 0.717) is 0 Å². The van der Waals surface area contributed by atoms with E-state index in [1.807, 2.05) is 0 Å². The molecule has 0 rings (SSSR count). The minimum Gasteiger partial charge on any atom is -0.373 e. The molecular weight excluding hydrogens is 390 g/mol. The van der Waals surface area contributed by atoms with Crippen molar-refractivity contribution in [2.75, 3.05) is 47.0 Å². The molecule has 0 spiro atoms. The fourth-order valence-electron chi connectivity index (χ4n) is 3.80. The van der Waals surface area contributed by atoms with Gasteiger partial charge in [0.15, 0.2) is 0 Å². The number of nitrogens with zero attached hydrogens (tertiary/aromatic N) is 1. The Hall–Kier alpha value is 0.0569. The Morgan fingerprint density at radius 2 is 0.900 bits per heavy atom. The van der Waals surface area contributed by atoms with Crippen molar-refractivity contribution < 1.29 is 17.8 Å². The lowest BCUT2D eigenvalue weighted by atomic mass is 10.1. The topological polar surface area (TPSA) is 27.7 Å². The Kier molecular flexibility index (Phi) is 19.8. The molecule has 0 fully saturated rings. The van der Waals surface area contributed by atoms with E-state index in [2.05, 4.69) is 41.8 Å². The summed E-state index contributed by atoms with van der Waals surface area (Å²) in [7, 11) is 2.22. The predicted octanol–water partition coefficient (Wildman–Crippen LogP) is 7.20. The van der Waals surface area contributed by atoms with E-state index >= 15 is 0 Å². The van der Waals surface area contributed by atoms with Gasteiger partial charge in [-0.1, -0.05) is 72.6 Å². The van der Waals surface area contributed by atoms with Crippen molar-refractivity contribution in [2.24, 2.45) is 0 Å². The molecule has 5 heteroatoms. The molecule has 4 nitrogen and oxygen atoms in total. The van der Waals surface area contributed by atoms with Crippen LogP contribution in [-0.4, -0.2) is 60.3 Å². The maximum atomic E-state index is 6.25. The summed E-state index contributed by atoms with van der Waals surface area (Å²) in [5, 5.41) is 0. The molecule has 0 aromatic carbocycles. The van der Waals surface area contributed by atoms with Gasteiger partial charge in [-0.25, -0.2) is 0 Å². The lowest BCUT2D eigenvalue weighted by molar-refractivity contribution is -0.890. The van der Waals surface area contributed by atoms with Crippen molar-refractivity contribution in [3.05, 3.63) is 0 Å². The van der Waals surface area contributed by atoms with E-state index in [4.69, 9.17) is 13.3 Å². The van der Waals surface area contributed by atoms with Crippen molar-refractivity contribution in [3.8, 4) is 0 Å². The van der Waals surface area contributed by atoms with E-state index < -0.39 is 8.80 Å². The molecule has 0 radical (unpaired) electrons. The summed E-state index contributed by atoms with van der Waals surface area (Å²) in [5.74, 6) is 0. The molecule has 0 unspecified atom stereocenters. The Morgan fingerprint density at radius 3 is 1.33 bits per heavy atom. The van der Waals surface area contributed by atoms with Crippen molar-refractivity contribution in [3.63, 3.8) is 0 Å². The van der Waals surface area contributed by atoms with E-state index in [9.17, 15) is 0 Å². The molecule has 0 aliphatic carbocycles. The minimum atomic E-state index is -2.53. The van der Waals surface area contributed by atoms with Crippen molar-refractivity contribution >= 4 is 8.80 Å². The zero-order valence-corrected chi connectivity index (χ0v) is 22.6. The van der Waals surface area contributed by atoms with Crippen LogP contribution in [0, 0.1) is 0 Å². The van der Waals surface area contributed by atoms with Gasteiger partial charge in [-0.15, -0.1) is 0 Å². The van der Waals surface area contributed by atoms with Crippen LogP contribution in [0.4, 0.5) is 0 Å². The van der Waals surface area contributed by atoms with Crippen molar-refractivity contribution in [1.29, 1.82) is 0 Å². The largest absolute Gasteiger partial charge is 0.501 e.